The first-order valence-electron chi connectivity index (χ1n) is 8.00. The van der Waals surface area contributed by atoms with Crippen LogP contribution in [-0.4, -0.2) is 36.0 Å². The van der Waals surface area contributed by atoms with Crippen LogP contribution in [-0.2, 0) is 6.54 Å². The third-order valence-corrected chi connectivity index (χ3v) is 4.55. The van der Waals surface area contributed by atoms with Crippen LogP contribution in [0.1, 0.15) is 33.6 Å². The van der Waals surface area contributed by atoms with Crippen molar-refractivity contribution in [1.29, 1.82) is 0 Å². The van der Waals surface area contributed by atoms with Crippen LogP contribution in [0.2, 0.25) is 0 Å². The zero-order valence-corrected chi connectivity index (χ0v) is 13.7. The van der Waals surface area contributed by atoms with Gasteiger partial charge < -0.3 is 10.2 Å². The minimum atomic E-state index is -0.00739. The topological polar surface area (TPSA) is 50.2 Å². The van der Waals surface area contributed by atoms with Gasteiger partial charge >= 0.3 is 0 Å². The minimum Gasteiger partial charge on any atom is -0.370 e. The fraction of sp³-hybridized carbons (Fsp3) is 0.750. The first kappa shape index (κ1) is 16.0. The standard InChI is InChI=1S/C16H28N4O/c1-12(2)15(17-4)11-20-16(21)9-14(10-18-20)19-7-5-13(3)6-8-19/h9-10,12-13,15,17H,5-8,11H2,1-4H3. The number of piperidine rings is 1. The normalized spacial score (nSPS) is 18.2. The van der Waals surface area contributed by atoms with Crippen molar-refractivity contribution in [3.8, 4) is 0 Å². The zero-order valence-electron chi connectivity index (χ0n) is 13.7. The zero-order chi connectivity index (χ0) is 15.4. The number of nitrogens with one attached hydrogen (secondary N) is 1. The van der Waals surface area contributed by atoms with Crippen molar-refractivity contribution >= 4 is 5.69 Å². The van der Waals surface area contributed by atoms with Crippen molar-refractivity contribution in [3.05, 3.63) is 22.6 Å². The van der Waals surface area contributed by atoms with Crippen LogP contribution in [0, 0.1) is 11.8 Å². The van der Waals surface area contributed by atoms with E-state index in [1.54, 1.807) is 10.7 Å². The molecule has 5 nitrogen and oxygen atoms in total. The van der Waals surface area contributed by atoms with Gasteiger partial charge in [0.2, 0.25) is 0 Å². The van der Waals surface area contributed by atoms with Crippen LogP contribution >= 0.6 is 0 Å². The van der Waals surface area contributed by atoms with Crippen molar-refractivity contribution in [2.45, 2.75) is 46.2 Å². The average molecular weight is 292 g/mol. The lowest BCUT2D eigenvalue weighted by Gasteiger charge is -2.31. The molecule has 1 aliphatic heterocycles. The van der Waals surface area contributed by atoms with E-state index < -0.39 is 0 Å². The number of likely N-dealkylation sites (N-methyl/N-ethyl adjacent to an activating group) is 1. The highest BCUT2D eigenvalue weighted by Crippen LogP contribution is 2.21. The van der Waals surface area contributed by atoms with E-state index in [4.69, 9.17) is 0 Å². The van der Waals surface area contributed by atoms with E-state index in [1.165, 1.54) is 12.8 Å². The van der Waals surface area contributed by atoms with Crippen molar-refractivity contribution in [1.82, 2.24) is 15.1 Å². The predicted molar refractivity (Wildman–Crippen MR) is 86.8 cm³/mol. The summed E-state index contributed by atoms with van der Waals surface area (Å²) in [6.45, 7) is 9.25. The SMILES string of the molecule is CNC(Cn1ncc(N2CCC(C)CC2)cc1=O)C(C)C. The molecular formula is C16H28N4O. The molecule has 0 aromatic carbocycles. The molecule has 2 rings (SSSR count). The van der Waals surface area contributed by atoms with Crippen molar-refractivity contribution in [2.75, 3.05) is 25.0 Å². The number of aromatic nitrogens is 2. The third-order valence-electron chi connectivity index (χ3n) is 4.55. The summed E-state index contributed by atoms with van der Waals surface area (Å²) in [5.74, 6) is 1.25. The second-order valence-corrected chi connectivity index (χ2v) is 6.54. The molecule has 0 bridgehead atoms. The number of hydrogen-bond donors (Lipinski definition) is 1. The number of rotatable bonds is 5. The first-order valence-corrected chi connectivity index (χ1v) is 8.00. The molecule has 118 valence electrons. The van der Waals surface area contributed by atoms with Gasteiger partial charge in [-0.05, 0) is 31.7 Å². The van der Waals surface area contributed by atoms with Gasteiger partial charge in [0.1, 0.15) is 0 Å². The third kappa shape index (κ3) is 4.06. The largest absolute Gasteiger partial charge is 0.370 e. The maximum Gasteiger partial charge on any atom is 0.268 e. The van der Waals surface area contributed by atoms with Crippen LogP contribution in [0.3, 0.4) is 0 Å². The van der Waals surface area contributed by atoms with Crippen molar-refractivity contribution in [2.24, 2.45) is 11.8 Å². The molecule has 1 unspecified atom stereocenters. The molecule has 21 heavy (non-hydrogen) atoms. The van der Waals surface area contributed by atoms with Gasteiger partial charge in [-0.2, -0.15) is 5.10 Å². The number of nitrogens with zero attached hydrogens (tertiary/aromatic N) is 3. The van der Waals surface area contributed by atoms with E-state index in [9.17, 15) is 4.79 Å². The minimum absolute atomic E-state index is 0.00739. The van der Waals surface area contributed by atoms with E-state index >= 15 is 0 Å². The van der Waals surface area contributed by atoms with Gasteiger partial charge in [-0.1, -0.05) is 20.8 Å². The van der Waals surface area contributed by atoms with Crippen molar-refractivity contribution in [3.63, 3.8) is 0 Å². The predicted octanol–water partition coefficient (Wildman–Crippen LogP) is 1.72. The maximum absolute atomic E-state index is 12.3. The Morgan fingerprint density at radius 1 is 1.38 bits per heavy atom. The summed E-state index contributed by atoms with van der Waals surface area (Å²) >= 11 is 0. The molecule has 1 saturated heterocycles. The summed E-state index contributed by atoms with van der Waals surface area (Å²) in [5.41, 5.74) is 0.959. The Morgan fingerprint density at radius 2 is 2.05 bits per heavy atom. The van der Waals surface area contributed by atoms with E-state index in [0.29, 0.717) is 12.5 Å². The highest BCUT2D eigenvalue weighted by Gasteiger charge is 2.18. The summed E-state index contributed by atoms with van der Waals surface area (Å²) in [7, 11) is 1.93. The molecule has 1 fully saturated rings. The lowest BCUT2D eigenvalue weighted by Crippen LogP contribution is -2.39. The monoisotopic (exact) mass is 292 g/mol. The molecular weight excluding hydrogens is 264 g/mol. The Morgan fingerprint density at radius 3 is 2.57 bits per heavy atom. The van der Waals surface area contributed by atoms with E-state index in [0.717, 1.165) is 24.7 Å². The van der Waals surface area contributed by atoms with Crippen molar-refractivity contribution < 1.29 is 0 Å². The highest BCUT2D eigenvalue weighted by atomic mass is 16.1. The Bertz CT molecular complexity index is 503. The Labute approximate surface area is 127 Å². The first-order chi connectivity index (χ1) is 10.0. The summed E-state index contributed by atoms with van der Waals surface area (Å²) < 4.78 is 1.57. The summed E-state index contributed by atoms with van der Waals surface area (Å²) in [6.07, 6.45) is 4.22. The molecule has 5 heteroatoms. The second-order valence-electron chi connectivity index (χ2n) is 6.54. The molecule has 0 saturated carbocycles. The Kier molecular flexibility index (Phi) is 5.39. The summed E-state index contributed by atoms with van der Waals surface area (Å²) in [5, 5.41) is 7.61. The molecule has 1 aromatic rings. The summed E-state index contributed by atoms with van der Waals surface area (Å²) in [4.78, 5) is 14.5. The fourth-order valence-electron chi connectivity index (χ4n) is 2.82. The van der Waals surface area contributed by atoms with Crippen LogP contribution < -0.4 is 15.8 Å². The van der Waals surface area contributed by atoms with E-state index in [-0.39, 0.29) is 11.6 Å². The number of hydrogen-bond acceptors (Lipinski definition) is 4. The van der Waals surface area contributed by atoms with Gasteiger partial charge in [-0.3, -0.25) is 4.79 Å². The molecule has 0 radical (unpaired) electrons. The van der Waals surface area contributed by atoms with E-state index in [2.05, 4.69) is 36.1 Å². The average Bonchev–Trinajstić information content (AvgIpc) is 2.46. The molecule has 1 aliphatic rings. The second kappa shape index (κ2) is 7.07. The smallest absolute Gasteiger partial charge is 0.268 e. The van der Waals surface area contributed by atoms with Crippen LogP contribution in [0.25, 0.3) is 0 Å². The van der Waals surface area contributed by atoms with Crippen LogP contribution in [0.15, 0.2) is 17.1 Å². The lowest BCUT2D eigenvalue weighted by molar-refractivity contribution is 0.355. The molecule has 1 N–H and O–H groups in total. The fourth-order valence-corrected chi connectivity index (χ4v) is 2.82. The highest BCUT2D eigenvalue weighted by molar-refractivity contribution is 5.43. The Balaban J connectivity index is 2.09. The molecule has 2 heterocycles. The molecule has 0 spiro atoms. The number of anilines is 1. The van der Waals surface area contributed by atoms with Gasteiger partial charge in [0.15, 0.2) is 0 Å². The summed E-state index contributed by atoms with van der Waals surface area (Å²) in [6, 6.07) is 1.99. The van der Waals surface area contributed by atoms with Gasteiger partial charge in [-0.15, -0.1) is 0 Å². The Hall–Kier alpha value is -1.36. The molecule has 1 aromatic heterocycles. The van der Waals surface area contributed by atoms with Crippen LogP contribution in [0.4, 0.5) is 5.69 Å². The molecule has 0 aliphatic carbocycles. The van der Waals surface area contributed by atoms with Gasteiger partial charge in [0.05, 0.1) is 18.4 Å². The molecule has 0 amide bonds. The van der Waals surface area contributed by atoms with Gasteiger partial charge in [0.25, 0.3) is 5.56 Å². The van der Waals surface area contributed by atoms with Gasteiger partial charge in [0, 0.05) is 25.2 Å². The lowest BCUT2D eigenvalue weighted by atomic mass is 9.99. The van der Waals surface area contributed by atoms with E-state index in [1.807, 2.05) is 13.2 Å². The quantitative estimate of drug-likeness (QED) is 0.898. The van der Waals surface area contributed by atoms with Crippen LogP contribution in [0.5, 0.6) is 0 Å². The maximum atomic E-state index is 12.3. The molecule has 1 atom stereocenters. The van der Waals surface area contributed by atoms with Gasteiger partial charge in [-0.25, -0.2) is 4.68 Å².